The highest BCUT2D eigenvalue weighted by Crippen LogP contribution is 2.41. The number of nitrogens with one attached hydrogen (secondary N) is 1. The number of nitrogens with two attached hydrogens (primary N) is 1. The van der Waals surface area contributed by atoms with Crippen LogP contribution in [0.2, 0.25) is 0 Å². The monoisotopic (exact) mass is 264 g/mol. The van der Waals surface area contributed by atoms with E-state index < -0.39 is 0 Å². The summed E-state index contributed by atoms with van der Waals surface area (Å²) in [5.74, 6) is 6.25. The molecule has 1 aliphatic rings. The first-order valence-corrected chi connectivity index (χ1v) is 6.84. The summed E-state index contributed by atoms with van der Waals surface area (Å²) in [4.78, 5) is 10.7. The Balaban J connectivity index is 2.20. The molecule has 5 nitrogen and oxygen atoms in total. The van der Waals surface area contributed by atoms with Crippen molar-refractivity contribution in [2.75, 3.05) is 5.43 Å². The second-order valence-electron chi connectivity index (χ2n) is 4.82. The van der Waals surface area contributed by atoms with E-state index in [0.29, 0.717) is 12.4 Å². The second kappa shape index (κ2) is 4.15. The minimum absolute atomic E-state index is 0.0945. The fraction of sp³-hybridized carbons (Fsp3) is 0.500. The molecule has 96 valence electrons. The maximum Gasteiger partial charge on any atom is 0.152 e. The summed E-state index contributed by atoms with van der Waals surface area (Å²) >= 11 is 1.67. The van der Waals surface area contributed by atoms with Crippen molar-refractivity contribution in [3.63, 3.8) is 0 Å². The predicted octanol–water partition coefficient (Wildman–Crippen LogP) is 2.22. The number of ether oxygens (including phenoxy) is 1. The Morgan fingerprint density at radius 2 is 2.39 bits per heavy atom. The number of thiophene rings is 1. The smallest absolute Gasteiger partial charge is 0.152 e. The van der Waals surface area contributed by atoms with E-state index in [2.05, 4.69) is 29.2 Å². The van der Waals surface area contributed by atoms with Gasteiger partial charge in [0.1, 0.15) is 11.2 Å². The molecule has 0 aliphatic carbocycles. The van der Waals surface area contributed by atoms with Crippen molar-refractivity contribution in [2.24, 2.45) is 5.84 Å². The fourth-order valence-corrected chi connectivity index (χ4v) is 3.41. The molecule has 2 aromatic rings. The van der Waals surface area contributed by atoms with Crippen LogP contribution < -0.4 is 11.3 Å². The van der Waals surface area contributed by atoms with Gasteiger partial charge in [0.15, 0.2) is 5.82 Å². The molecule has 0 fully saturated rings. The zero-order chi connectivity index (χ0) is 12.8. The molecular formula is C12H16N4OS. The van der Waals surface area contributed by atoms with Gasteiger partial charge in [-0.2, -0.15) is 0 Å². The van der Waals surface area contributed by atoms with E-state index in [-0.39, 0.29) is 5.60 Å². The second-order valence-corrected chi connectivity index (χ2v) is 5.90. The molecule has 0 saturated carbocycles. The number of nitrogen functional groups attached to an aromatic ring is 1. The maximum atomic E-state index is 5.95. The first kappa shape index (κ1) is 11.8. The van der Waals surface area contributed by atoms with Crippen LogP contribution in [0.15, 0.2) is 6.33 Å². The topological polar surface area (TPSA) is 73.1 Å². The van der Waals surface area contributed by atoms with Crippen LogP contribution in [0.3, 0.4) is 0 Å². The van der Waals surface area contributed by atoms with Crippen LogP contribution in [0.4, 0.5) is 5.82 Å². The molecular weight excluding hydrogens is 248 g/mol. The lowest BCUT2D eigenvalue weighted by atomic mass is 9.90. The van der Waals surface area contributed by atoms with Crippen LogP contribution in [0.5, 0.6) is 0 Å². The van der Waals surface area contributed by atoms with E-state index in [1.807, 2.05) is 0 Å². The summed E-state index contributed by atoms with van der Waals surface area (Å²) in [6, 6.07) is 0. The normalized spacial score (nSPS) is 23.1. The van der Waals surface area contributed by atoms with Gasteiger partial charge in [-0.15, -0.1) is 11.3 Å². The summed E-state index contributed by atoms with van der Waals surface area (Å²) in [7, 11) is 0. The van der Waals surface area contributed by atoms with Crippen LogP contribution in [0.1, 0.15) is 30.7 Å². The van der Waals surface area contributed by atoms with Gasteiger partial charge in [-0.05, 0) is 18.9 Å². The van der Waals surface area contributed by atoms with Gasteiger partial charge < -0.3 is 10.2 Å². The van der Waals surface area contributed by atoms with Crippen molar-refractivity contribution < 1.29 is 4.74 Å². The number of hydrogen-bond acceptors (Lipinski definition) is 6. The average molecular weight is 264 g/mol. The zero-order valence-corrected chi connectivity index (χ0v) is 11.3. The van der Waals surface area contributed by atoms with Crippen molar-refractivity contribution >= 4 is 27.4 Å². The van der Waals surface area contributed by atoms with E-state index in [9.17, 15) is 0 Å². The lowest BCUT2D eigenvalue weighted by molar-refractivity contribution is -0.0542. The molecule has 2 aromatic heterocycles. The average Bonchev–Trinajstić information content (AvgIpc) is 2.76. The van der Waals surface area contributed by atoms with Crippen LogP contribution in [-0.2, 0) is 17.8 Å². The Hall–Kier alpha value is -1.24. The Morgan fingerprint density at radius 1 is 1.56 bits per heavy atom. The molecule has 0 radical (unpaired) electrons. The molecule has 3 rings (SSSR count). The highest BCUT2D eigenvalue weighted by Gasteiger charge is 2.32. The molecule has 18 heavy (non-hydrogen) atoms. The van der Waals surface area contributed by atoms with Crippen LogP contribution >= 0.6 is 11.3 Å². The highest BCUT2D eigenvalue weighted by molar-refractivity contribution is 7.18. The Kier molecular flexibility index (Phi) is 2.73. The summed E-state index contributed by atoms with van der Waals surface area (Å²) in [5, 5.41) is 1.06. The minimum Gasteiger partial charge on any atom is -0.369 e. The van der Waals surface area contributed by atoms with Crippen LogP contribution in [0.25, 0.3) is 10.2 Å². The molecule has 0 spiro atoms. The van der Waals surface area contributed by atoms with Gasteiger partial charge in [-0.3, -0.25) is 0 Å². The van der Waals surface area contributed by atoms with Crippen molar-refractivity contribution in [2.45, 2.75) is 38.9 Å². The Labute approximate surface area is 109 Å². The SMILES string of the molecule is CCC1(C)Cc2c(sc3ncnc(NN)c23)CO1. The van der Waals surface area contributed by atoms with E-state index in [1.165, 1.54) is 10.4 Å². The summed E-state index contributed by atoms with van der Waals surface area (Å²) in [6.45, 7) is 4.96. The lowest BCUT2D eigenvalue weighted by Gasteiger charge is -2.33. The molecule has 0 bridgehead atoms. The van der Waals surface area contributed by atoms with Gasteiger partial charge >= 0.3 is 0 Å². The highest BCUT2D eigenvalue weighted by atomic mass is 32.1. The number of aromatic nitrogens is 2. The van der Waals surface area contributed by atoms with Gasteiger partial charge in [0.2, 0.25) is 0 Å². The van der Waals surface area contributed by atoms with Gasteiger partial charge in [0.05, 0.1) is 17.6 Å². The summed E-state index contributed by atoms with van der Waals surface area (Å²) in [6.07, 6.45) is 3.42. The van der Waals surface area contributed by atoms with Gasteiger partial charge in [-0.25, -0.2) is 15.8 Å². The predicted molar refractivity (Wildman–Crippen MR) is 72.4 cm³/mol. The molecule has 1 unspecified atom stereocenters. The lowest BCUT2D eigenvalue weighted by Crippen LogP contribution is -2.34. The first-order valence-electron chi connectivity index (χ1n) is 6.02. The number of rotatable bonds is 2. The van der Waals surface area contributed by atoms with Crippen molar-refractivity contribution in [1.29, 1.82) is 0 Å². The Morgan fingerprint density at radius 3 is 3.11 bits per heavy atom. The number of hydrogen-bond donors (Lipinski definition) is 2. The minimum atomic E-state index is -0.0945. The first-order chi connectivity index (χ1) is 8.67. The van der Waals surface area contributed by atoms with Crippen LogP contribution in [-0.4, -0.2) is 15.6 Å². The maximum absolute atomic E-state index is 5.95. The van der Waals surface area contributed by atoms with Crippen molar-refractivity contribution in [1.82, 2.24) is 9.97 Å². The van der Waals surface area contributed by atoms with Crippen LogP contribution in [0, 0.1) is 0 Å². The number of hydrazine groups is 1. The third-order valence-corrected chi connectivity index (χ3v) is 4.77. The molecule has 0 aromatic carbocycles. The fourth-order valence-electron chi connectivity index (χ4n) is 2.34. The van der Waals surface area contributed by atoms with Gasteiger partial charge in [0.25, 0.3) is 0 Å². The third kappa shape index (κ3) is 1.68. The largest absolute Gasteiger partial charge is 0.369 e. The molecule has 0 saturated heterocycles. The standard InChI is InChI=1S/C12H16N4OS/c1-3-12(2)4-7-8(5-17-12)18-11-9(7)10(16-13)14-6-15-11/h6H,3-5,13H2,1-2H3,(H,14,15,16). The molecule has 6 heteroatoms. The number of anilines is 1. The number of nitrogens with zero attached hydrogens (tertiary/aromatic N) is 2. The van der Waals surface area contributed by atoms with E-state index in [0.717, 1.165) is 23.1 Å². The number of fused-ring (bicyclic) bond motifs is 3. The van der Waals surface area contributed by atoms with E-state index >= 15 is 0 Å². The zero-order valence-electron chi connectivity index (χ0n) is 10.5. The van der Waals surface area contributed by atoms with Crippen molar-refractivity contribution in [3.8, 4) is 0 Å². The van der Waals surface area contributed by atoms with E-state index in [1.54, 1.807) is 17.7 Å². The summed E-state index contributed by atoms with van der Waals surface area (Å²) < 4.78 is 5.95. The van der Waals surface area contributed by atoms with E-state index in [4.69, 9.17) is 10.6 Å². The molecule has 3 N–H and O–H groups in total. The quantitative estimate of drug-likeness (QED) is 0.642. The molecule has 0 amide bonds. The van der Waals surface area contributed by atoms with Gasteiger partial charge in [0, 0.05) is 11.3 Å². The van der Waals surface area contributed by atoms with Crippen molar-refractivity contribution in [3.05, 3.63) is 16.8 Å². The molecule has 1 aliphatic heterocycles. The molecule has 3 heterocycles. The third-order valence-electron chi connectivity index (χ3n) is 3.66. The molecule has 1 atom stereocenters. The van der Waals surface area contributed by atoms with Gasteiger partial charge in [-0.1, -0.05) is 6.92 Å². The summed E-state index contributed by atoms with van der Waals surface area (Å²) in [5.41, 5.74) is 3.86. The Bertz CT molecular complexity index is 597.